The fraction of sp³-hybridized carbons (Fsp3) is 0.522. The van der Waals surface area contributed by atoms with Crippen LogP contribution in [0.2, 0.25) is 0 Å². The Balaban J connectivity index is 1.98. The molecular formula is C23H32FN. The van der Waals surface area contributed by atoms with Crippen LogP contribution in [0, 0.1) is 5.82 Å². The molecule has 0 aliphatic carbocycles. The quantitative estimate of drug-likeness (QED) is 0.521. The molecule has 2 unspecified atom stereocenters. The van der Waals surface area contributed by atoms with Crippen molar-refractivity contribution in [2.75, 3.05) is 0 Å². The Hall–Kier alpha value is -1.70. The molecule has 25 heavy (non-hydrogen) atoms. The Morgan fingerprint density at radius 1 is 0.800 bits per heavy atom. The second-order valence-corrected chi connectivity index (χ2v) is 7.99. The van der Waals surface area contributed by atoms with Gasteiger partial charge in [-0.2, -0.15) is 0 Å². The lowest BCUT2D eigenvalue weighted by atomic mass is 9.89. The predicted molar refractivity (Wildman–Crippen MR) is 105 cm³/mol. The molecule has 0 N–H and O–H groups in total. The molecule has 2 rings (SSSR count). The van der Waals surface area contributed by atoms with Crippen LogP contribution in [0.4, 0.5) is 4.39 Å². The van der Waals surface area contributed by atoms with Crippen molar-refractivity contribution < 1.29 is 4.39 Å². The maximum absolute atomic E-state index is 14.4. The zero-order valence-electron chi connectivity index (χ0n) is 16.5. The van der Waals surface area contributed by atoms with E-state index < -0.39 is 0 Å². The summed E-state index contributed by atoms with van der Waals surface area (Å²) in [7, 11) is 0. The van der Waals surface area contributed by atoms with Crippen LogP contribution in [0.25, 0.3) is 0 Å². The van der Waals surface area contributed by atoms with Crippen molar-refractivity contribution in [3.63, 3.8) is 0 Å². The number of nitrogens with zero attached hydrogens (tertiary/aromatic N) is 1. The van der Waals surface area contributed by atoms with Gasteiger partial charge in [-0.15, -0.1) is 0 Å². The third-order valence-electron chi connectivity index (χ3n) is 5.24. The van der Waals surface area contributed by atoms with E-state index in [1.807, 2.05) is 12.3 Å². The molecule has 0 bridgehead atoms. The minimum atomic E-state index is -0.0641. The Labute approximate surface area is 152 Å². The average molecular weight is 342 g/mol. The Kier molecular flexibility index (Phi) is 6.75. The SMILES string of the molecule is CC(C)c1ccc(C(C)CCC(C)c2ccc(C(C)C)cc2F)nc1. The first-order valence-corrected chi connectivity index (χ1v) is 9.54. The molecule has 1 aromatic carbocycles. The molecule has 0 fully saturated rings. The minimum Gasteiger partial charge on any atom is -0.261 e. The van der Waals surface area contributed by atoms with Crippen LogP contribution < -0.4 is 0 Å². The van der Waals surface area contributed by atoms with Crippen LogP contribution >= 0.6 is 0 Å². The molecular weight excluding hydrogens is 309 g/mol. The predicted octanol–water partition coefficient (Wildman–Crippen LogP) is 7.15. The van der Waals surface area contributed by atoms with Gasteiger partial charge in [0.05, 0.1) is 0 Å². The smallest absolute Gasteiger partial charge is 0.126 e. The Bertz CT molecular complexity index is 673. The number of benzene rings is 1. The molecule has 0 aliphatic heterocycles. The summed E-state index contributed by atoms with van der Waals surface area (Å²) in [6, 6.07) is 10.1. The lowest BCUT2D eigenvalue weighted by molar-refractivity contribution is 0.533. The first-order chi connectivity index (χ1) is 11.8. The first-order valence-electron chi connectivity index (χ1n) is 9.54. The van der Waals surface area contributed by atoms with Crippen LogP contribution in [0.15, 0.2) is 36.5 Å². The van der Waals surface area contributed by atoms with E-state index in [-0.39, 0.29) is 11.7 Å². The summed E-state index contributed by atoms with van der Waals surface area (Å²) in [5.74, 6) is 1.42. The molecule has 0 radical (unpaired) electrons. The summed E-state index contributed by atoms with van der Waals surface area (Å²) in [4.78, 5) is 4.63. The summed E-state index contributed by atoms with van der Waals surface area (Å²) < 4.78 is 14.4. The first kappa shape index (κ1) is 19.6. The fourth-order valence-corrected chi connectivity index (χ4v) is 3.16. The third kappa shape index (κ3) is 5.14. The van der Waals surface area contributed by atoms with Gasteiger partial charge in [0.15, 0.2) is 0 Å². The van der Waals surface area contributed by atoms with Gasteiger partial charge in [0.25, 0.3) is 0 Å². The standard InChI is InChI=1S/C23H32FN/c1-15(2)19-9-11-21(22(24)13-19)17(5)7-8-18(6)23-12-10-20(14-25-23)16(3)4/h9-18H,7-8H2,1-6H3. The van der Waals surface area contributed by atoms with E-state index in [1.54, 1.807) is 6.07 Å². The second-order valence-electron chi connectivity index (χ2n) is 7.99. The normalized spacial score (nSPS) is 14.1. The number of hydrogen-bond donors (Lipinski definition) is 0. The zero-order valence-corrected chi connectivity index (χ0v) is 16.5. The van der Waals surface area contributed by atoms with Gasteiger partial charge in [0.1, 0.15) is 5.82 Å². The highest BCUT2D eigenvalue weighted by atomic mass is 19.1. The van der Waals surface area contributed by atoms with Gasteiger partial charge in [-0.25, -0.2) is 4.39 Å². The van der Waals surface area contributed by atoms with Crippen LogP contribution in [0.3, 0.4) is 0 Å². The highest BCUT2D eigenvalue weighted by Gasteiger charge is 2.15. The average Bonchev–Trinajstić information content (AvgIpc) is 2.59. The van der Waals surface area contributed by atoms with Crippen molar-refractivity contribution in [2.45, 2.75) is 78.1 Å². The van der Waals surface area contributed by atoms with Gasteiger partial charge in [-0.3, -0.25) is 4.98 Å². The summed E-state index contributed by atoms with van der Waals surface area (Å²) in [6.45, 7) is 12.9. The number of halogens is 1. The van der Waals surface area contributed by atoms with Crippen molar-refractivity contribution in [3.05, 3.63) is 64.7 Å². The van der Waals surface area contributed by atoms with E-state index in [4.69, 9.17) is 0 Å². The molecule has 1 heterocycles. The lowest BCUT2D eigenvalue weighted by Gasteiger charge is -2.18. The number of pyridine rings is 1. The van der Waals surface area contributed by atoms with Crippen molar-refractivity contribution in [1.29, 1.82) is 0 Å². The Morgan fingerprint density at radius 2 is 1.40 bits per heavy atom. The van der Waals surface area contributed by atoms with Crippen molar-refractivity contribution in [2.24, 2.45) is 0 Å². The topological polar surface area (TPSA) is 12.9 Å². The number of rotatable bonds is 7. The van der Waals surface area contributed by atoms with E-state index in [0.29, 0.717) is 17.8 Å². The van der Waals surface area contributed by atoms with Gasteiger partial charge >= 0.3 is 0 Å². The summed E-state index contributed by atoms with van der Waals surface area (Å²) in [6.07, 6.45) is 3.97. The molecule has 2 aromatic rings. The third-order valence-corrected chi connectivity index (χ3v) is 5.24. The van der Waals surface area contributed by atoms with Gasteiger partial charge < -0.3 is 0 Å². The largest absolute Gasteiger partial charge is 0.261 e. The summed E-state index contributed by atoms with van der Waals surface area (Å²) in [5, 5.41) is 0. The van der Waals surface area contributed by atoms with Crippen molar-refractivity contribution in [1.82, 2.24) is 4.98 Å². The van der Waals surface area contributed by atoms with Crippen LogP contribution in [0.5, 0.6) is 0 Å². The monoisotopic (exact) mass is 341 g/mol. The van der Waals surface area contributed by atoms with Gasteiger partial charge in [0, 0.05) is 11.9 Å². The summed E-state index contributed by atoms with van der Waals surface area (Å²) >= 11 is 0. The maximum atomic E-state index is 14.4. The highest BCUT2D eigenvalue weighted by Crippen LogP contribution is 2.30. The highest BCUT2D eigenvalue weighted by molar-refractivity contribution is 5.28. The van der Waals surface area contributed by atoms with E-state index in [0.717, 1.165) is 29.7 Å². The molecule has 0 saturated carbocycles. The Morgan fingerprint density at radius 3 is 1.92 bits per heavy atom. The van der Waals surface area contributed by atoms with E-state index in [2.05, 4.69) is 64.7 Å². The van der Waals surface area contributed by atoms with Gasteiger partial charge in [-0.05, 0) is 65.3 Å². The molecule has 2 heteroatoms. The van der Waals surface area contributed by atoms with E-state index in [1.165, 1.54) is 5.56 Å². The number of aromatic nitrogens is 1. The maximum Gasteiger partial charge on any atom is 0.126 e. The summed E-state index contributed by atoms with van der Waals surface area (Å²) in [5.41, 5.74) is 4.31. The minimum absolute atomic E-state index is 0.0641. The molecule has 2 atom stereocenters. The van der Waals surface area contributed by atoms with Crippen molar-refractivity contribution in [3.8, 4) is 0 Å². The van der Waals surface area contributed by atoms with Crippen LogP contribution in [0.1, 0.15) is 100 Å². The zero-order chi connectivity index (χ0) is 18.6. The molecule has 136 valence electrons. The number of hydrogen-bond acceptors (Lipinski definition) is 1. The fourth-order valence-electron chi connectivity index (χ4n) is 3.16. The lowest BCUT2D eigenvalue weighted by Crippen LogP contribution is -2.03. The molecule has 0 amide bonds. The van der Waals surface area contributed by atoms with Gasteiger partial charge in [0.2, 0.25) is 0 Å². The molecule has 1 nitrogen and oxygen atoms in total. The molecule has 0 spiro atoms. The van der Waals surface area contributed by atoms with Crippen molar-refractivity contribution >= 4 is 0 Å². The van der Waals surface area contributed by atoms with Crippen LogP contribution in [-0.2, 0) is 0 Å². The van der Waals surface area contributed by atoms with E-state index in [9.17, 15) is 4.39 Å². The van der Waals surface area contributed by atoms with Crippen LogP contribution in [-0.4, -0.2) is 4.98 Å². The van der Waals surface area contributed by atoms with Gasteiger partial charge in [-0.1, -0.05) is 59.7 Å². The molecule has 0 saturated heterocycles. The molecule has 1 aromatic heterocycles. The second kappa shape index (κ2) is 8.60. The van der Waals surface area contributed by atoms with E-state index >= 15 is 0 Å². The molecule has 0 aliphatic rings.